The van der Waals surface area contributed by atoms with Gasteiger partial charge < -0.3 is 5.11 Å². The minimum Gasteiger partial charge on any atom is -0.477 e. The van der Waals surface area contributed by atoms with Crippen LogP contribution in [0.4, 0.5) is 14.5 Å². The van der Waals surface area contributed by atoms with Crippen molar-refractivity contribution >= 4 is 22.6 Å². The van der Waals surface area contributed by atoms with Gasteiger partial charge in [0.1, 0.15) is 6.04 Å². The molecule has 7 nitrogen and oxygen atoms in total. The fraction of sp³-hybridized carbons (Fsp3) is 0.462. The zero-order valence-electron chi connectivity index (χ0n) is 12.6. The summed E-state index contributed by atoms with van der Waals surface area (Å²) in [5.74, 6) is -6.64. The molecule has 0 saturated carbocycles. The van der Waals surface area contributed by atoms with Crippen molar-refractivity contribution in [3.8, 4) is 0 Å². The number of rotatable bonds is 6. The van der Waals surface area contributed by atoms with Crippen molar-refractivity contribution in [1.29, 1.82) is 0 Å². The highest BCUT2D eigenvalue weighted by molar-refractivity contribution is 7.84. The Morgan fingerprint density at radius 3 is 2.13 bits per heavy atom. The molecular weight excluding hydrogens is 334 g/mol. The molecule has 0 heterocycles. The summed E-state index contributed by atoms with van der Waals surface area (Å²) in [6.45, 7) is 4.59. The first-order valence-corrected chi connectivity index (χ1v) is 7.56. The summed E-state index contributed by atoms with van der Waals surface area (Å²) in [4.78, 5) is 20.7. The minimum atomic E-state index is -4.25. The van der Waals surface area contributed by atoms with E-state index < -0.39 is 38.6 Å². The third-order valence-corrected chi connectivity index (χ3v) is 4.43. The van der Waals surface area contributed by atoms with E-state index in [1.807, 2.05) is 0 Å². The van der Waals surface area contributed by atoms with Crippen molar-refractivity contribution in [2.45, 2.75) is 37.5 Å². The molecule has 0 fully saturated rings. The van der Waals surface area contributed by atoms with Crippen LogP contribution >= 0.6 is 0 Å². The second-order valence-corrected chi connectivity index (χ2v) is 7.71. The molecule has 0 saturated heterocycles. The van der Waals surface area contributed by atoms with Gasteiger partial charge in [-0.15, -0.1) is 0 Å². The average Bonchev–Trinajstić information content (AvgIpc) is 2.43. The van der Waals surface area contributed by atoms with Crippen molar-refractivity contribution in [1.82, 2.24) is 4.72 Å². The van der Waals surface area contributed by atoms with Crippen molar-refractivity contribution < 1.29 is 27.8 Å². The molecule has 0 spiro atoms. The lowest BCUT2D eigenvalue weighted by Crippen LogP contribution is -2.47. The SMILES string of the molecule is CC(C)(C)S(=O)N[C@@H](c1ccc([N+](=O)[O-])cc1)C(F)(F)C(=O)O. The molecular formula is C13H16F2N2O5S. The monoisotopic (exact) mass is 350 g/mol. The Hall–Kier alpha value is -1.94. The molecule has 0 amide bonds. The molecule has 1 aromatic rings. The number of hydrogen-bond donors (Lipinski definition) is 2. The van der Waals surface area contributed by atoms with Crippen molar-refractivity contribution in [2.24, 2.45) is 0 Å². The molecule has 0 aliphatic rings. The Morgan fingerprint density at radius 2 is 1.78 bits per heavy atom. The Kier molecular flexibility index (Phi) is 5.54. The van der Waals surface area contributed by atoms with Gasteiger partial charge in [-0.1, -0.05) is 12.1 Å². The van der Waals surface area contributed by atoms with E-state index in [4.69, 9.17) is 5.11 Å². The summed E-state index contributed by atoms with van der Waals surface area (Å²) in [7, 11) is -1.97. The highest BCUT2D eigenvalue weighted by Crippen LogP contribution is 2.33. The average molecular weight is 350 g/mol. The number of hydrogen-bond acceptors (Lipinski definition) is 4. The van der Waals surface area contributed by atoms with Gasteiger partial charge in [0.05, 0.1) is 20.7 Å². The number of halogens is 2. The maximum absolute atomic E-state index is 14.0. The number of nitrogens with one attached hydrogen (secondary N) is 1. The molecule has 0 bridgehead atoms. The van der Waals surface area contributed by atoms with Crippen molar-refractivity contribution in [3.63, 3.8) is 0 Å². The molecule has 1 rings (SSSR count). The van der Waals surface area contributed by atoms with Crippen LogP contribution in [0.5, 0.6) is 0 Å². The van der Waals surface area contributed by atoms with Gasteiger partial charge in [0, 0.05) is 12.1 Å². The van der Waals surface area contributed by atoms with Crippen LogP contribution in [0.25, 0.3) is 0 Å². The fourth-order valence-corrected chi connectivity index (χ4v) is 2.40. The third-order valence-electron chi connectivity index (χ3n) is 2.87. The first-order valence-electron chi connectivity index (χ1n) is 6.41. The minimum absolute atomic E-state index is 0.222. The van der Waals surface area contributed by atoms with E-state index >= 15 is 0 Å². The number of carboxylic acids is 1. The van der Waals surface area contributed by atoms with E-state index in [1.165, 1.54) is 20.8 Å². The summed E-state index contributed by atoms with van der Waals surface area (Å²) in [6.07, 6.45) is 0. The summed E-state index contributed by atoms with van der Waals surface area (Å²) in [5, 5.41) is 19.3. The highest BCUT2D eigenvalue weighted by Gasteiger charge is 2.49. The van der Waals surface area contributed by atoms with Gasteiger partial charge in [0.2, 0.25) is 0 Å². The molecule has 1 aromatic carbocycles. The first kappa shape index (κ1) is 19.1. The highest BCUT2D eigenvalue weighted by atomic mass is 32.2. The molecule has 10 heteroatoms. The largest absolute Gasteiger partial charge is 0.477 e. The number of carboxylic acid groups (broad SMARTS) is 1. The van der Waals surface area contributed by atoms with Crippen molar-refractivity contribution in [3.05, 3.63) is 39.9 Å². The lowest BCUT2D eigenvalue weighted by atomic mass is 10.0. The van der Waals surface area contributed by atoms with Crippen LogP contribution in [0.2, 0.25) is 0 Å². The van der Waals surface area contributed by atoms with Crippen LogP contribution in [-0.2, 0) is 15.8 Å². The van der Waals surface area contributed by atoms with E-state index in [2.05, 4.69) is 4.72 Å². The van der Waals surface area contributed by atoms with Crippen molar-refractivity contribution in [2.75, 3.05) is 0 Å². The predicted molar refractivity (Wildman–Crippen MR) is 79.5 cm³/mol. The standard InChI is InChI=1S/C13H16F2N2O5S/c1-12(2,3)23(22)16-10(13(14,15)11(18)19)8-4-6-9(7-5-8)17(20)21/h4-7,10,16H,1-3H3,(H,18,19)/t10-,23?/m0/s1. The third kappa shape index (κ3) is 4.52. The molecule has 0 radical (unpaired) electrons. The van der Waals surface area contributed by atoms with Gasteiger partial charge in [-0.2, -0.15) is 8.78 Å². The van der Waals surface area contributed by atoms with Crippen LogP contribution in [0.1, 0.15) is 32.4 Å². The van der Waals surface area contributed by atoms with E-state index in [-0.39, 0.29) is 11.3 Å². The second kappa shape index (κ2) is 6.67. The Labute approximate surface area is 133 Å². The Balaban J connectivity index is 3.26. The maximum atomic E-state index is 14.0. The Morgan fingerprint density at radius 1 is 1.30 bits per heavy atom. The lowest BCUT2D eigenvalue weighted by Gasteiger charge is -2.28. The van der Waals surface area contributed by atoms with Crippen LogP contribution in [0.3, 0.4) is 0 Å². The van der Waals surface area contributed by atoms with Gasteiger partial charge in [-0.3, -0.25) is 10.1 Å². The fourth-order valence-electron chi connectivity index (χ4n) is 1.55. The van der Waals surface area contributed by atoms with E-state index in [1.54, 1.807) is 0 Å². The number of non-ortho nitro benzene ring substituents is 1. The predicted octanol–water partition coefficient (Wildman–Crippen LogP) is 2.41. The zero-order chi connectivity index (χ0) is 18.0. The summed E-state index contributed by atoms with van der Waals surface area (Å²) < 4.78 is 41.2. The van der Waals surface area contributed by atoms with E-state index in [9.17, 15) is 27.9 Å². The first-order chi connectivity index (χ1) is 10.4. The lowest BCUT2D eigenvalue weighted by molar-refractivity contribution is -0.384. The molecule has 2 N–H and O–H groups in total. The molecule has 0 aliphatic carbocycles. The Bertz CT molecular complexity index is 628. The van der Waals surface area contributed by atoms with Crippen LogP contribution in [0, 0.1) is 10.1 Å². The normalized spacial score (nSPS) is 15.0. The van der Waals surface area contributed by atoms with E-state index in [0.29, 0.717) is 0 Å². The number of alkyl halides is 2. The quantitative estimate of drug-likeness (QED) is 0.605. The molecule has 0 aromatic heterocycles. The van der Waals surface area contributed by atoms with Gasteiger partial charge in [0.15, 0.2) is 0 Å². The van der Waals surface area contributed by atoms with Gasteiger partial charge in [0.25, 0.3) is 5.69 Å². The topological polar surface area (TPSA) is 110 Å². The zero-order valence-corrected chi connectivity index (χ0v) is 13.4. The summed E-state index contributed by atoms with van der Waals surface area (Å²) in [6, 6.07) is 1.86. The smallest absolute Gasteiger partial charge is 0.376 e. The molecule has 23 heavy (non-hydrogen) atoms. The maximum Gasteiger partial charge on any atom is 0.376 e. The van der Waals surface area contributed by atoms with Crippen LogP contribution in [0.15, 0.2) is 24.3 Å². The number of nitro groups is 1. The molecule has 2 atom stereocenters. The molecule has 128 valence electrons. The summed E-state index contributed by atoms with van der Waals surface area (Å²) >= 11 is 0. The molecule has 0 aliphatic heterocycles. The number of nitro benzene ring substituents is 1. The number of benzene rings is 1. The number of carbonyl (C=O) groups is 1. The second-order valence-electron chi connectivity index (χ2n) is 5.71. The number of nitrogens with zero attached hydrogens (tertiary/aromatic N) is 1. The summed E-state index contributed by atoms with van der Waals surface area (Å²) in [5.41, 5.74) is -0.552. The van der Waals surface area contributed by atoms with Crippen LogP contribution < -0.4 is 4.72 Å². The van der Waals surface area contributed by atoms with Gasteiger partial charge >= 0.3 is 11.9 Å². The van der Waals surface area contributed by atoms with Gasteiger partial charge in [-0.05, 0) is 26.3 Å². The van der Waals surface area contributed by atoms with E-state index in [0.717, 1.165) is 24.3 Å². The van der Waals surface area contributed by atoms with Crippen LogP contribution in [-0.4, -0.2) is 30.9 Å². The van der Waals surface area contributed by atoms with Gasteiger partial charge in [-0.25, -0.2) is 13.7 Å². The molecule has 1 unspecified atom stereocenters. The number of aliphatic carboxylic acids is 1.